The number of aliphatic hydroxyl groups is 1. The van der Waals surface area contributed by atoms with Gasteiger partial charge in [-0.2, -0.15) is 0 Å². The van der Waals surface area contributed by atoms with Gasteiger partial charge in [-0.3, -0.25) is 19.3 Å². The summed E-state index contributed by atoms with van der Waals surface area (Å²) in [6.45, 7) is 3.12. The Morgan fingerprint density at radius 3 is 2.75 bits per heavy atom. The summed E-state index contributed by atoms with van der Waals surface area (Å²) in [4.78, 5) is 30.5. The fourth-order valence-electron chi connectivity index (χ4n) is 4.93. The van der Waals surface area contributed by atoms with Crippen molar-refractivity contribution in [1.29, 1.82) is 0 Å². The van der Waals surface area contributed by atoms with Crippen LogP contribution in [0.1, 0.15) is 55.6 Å². The van der Waals surface area contributed by atoms with Crippen LogP contribution in [0.2, 0.25) is 5.02 Å². The summed E-state index contributed by atoms with van der Waals surface area (Å²) in [5.74, 6) is -0.803. The van der Waals surface area contributed by atoms with Gasteiger partial charge in [0, 0.05) is 30.2 Å². The molecule has 4 aromatic heterocycles. The van der Waals surface area contributed by atoms with Crippen molar-refractivity contribution in [1.82, 2.24) is 24.5 Å². The number of halogens is 3. The van der Waals surface area contributed by atoms with Crippen LogP contribution in [0.25, 0.3) is 17.1 Å². The van der Waals surface area contributed by atoms with E-state index >= 15 is 4.39 Å². The van der Waals surface area contributed by atoms with Crippen LogP contribution >= 0.6 is 11.6 Å². The minimum Gasteiger partial charge on any atom is -0.487 e. The van der Waals surface area contributed by atoms with Gasteiger partial charge in [-0.15, -0.1) is 0 Å². The predicted octanol–water partition coefficient (Wildman–Crippen LogP) is 4.63. The van der Waals surface area contributed by atoms with Crippen molar-refractivity contribution >= 4 is 11.6 Å². The molecule has 6 heterocycles. The number of nitrogens with zero attached hydrogens (tertiary/aromatic N) is 5. The van der Waals surface area contributed by atoms with E-state index in [9.17, 15) is 14.3 Å². The van der Waals surface area contributed by atoms with Gasteiger partial charge >= 0.3 is 0 Å². The second-order valence-electron chi connectivity index (χ2n) is 10.2. The van der Waals surface area contributed by atoms with E-state index in [1.807, 2.05) is 0 Å². The first-order valence-electron chi connectivity index (χ1n) is 12.7. The third-order valence-corrected chi connectivity index (χ3v) is 7.22. The Bertz CT molecular complexity index is 1710. The summed E-state index contributed by atoms with van der Waals surface area (Å²) in [5, 5.41) is 10.1. The van der Waals surface area contributed by atoms with Crippen LogP contribution in [0.5, 0.6) is 11.5 Å². The van der Waals surface area contributed by atoms with Crippen molar-refractivity contribution in [3.8, 4) is 28.6 Å². The third kappa shape index (κ3) is 4.58. The predicted molar refractivity (Wildman–Crippen MR) is 141 cm³/mol. The number of hydrogen-bond donors (Lipinski definition) is 1. The first-order chi connectivity index (χ1) is 19.1. The van der Waals surface area contributed by atoms with Crippen molar-refractivity contribution in [3.63, 3.8) is 0 Å². The molecule has 0 spiro atoms. The van der Waals surface area contributed by atoms with Gasteiger partial charge in [0.2, 0.25) is 0 Å². The number of hydrogen-bond acceptors (Lipinski definition) is 8. The topological polar surface area (TPSA) is 112 Å². The maximum absolute atomic E-state index is 16.3. The fraction of sp³-hybridized carbons (Fsp3) is 0.321. The minimum atomic E-state index is -1.35. The number of fused-ring (bicyclic) bond motifs is 4. The number of aromatic nitrogens is 5. The first kappa shape index (κ1) is 26.3. The molecule has 1 N–H and O–H groups in total. The molecule has 0 saturated heterocycles. The molecule has 0 aliphatic carbocycles. The van der Waals surface area contributed by atoms with Gasteiger partial charge in [-0.1, -0.05) is 11.6 Å². The molecule has 1 unspecified atom stereocenters. The number of aryl methyl sites for hydroxylation is 2. The van der Waals surface area contributed by atoms with Crippen LogP contribution in [0.4, 0.5) is 8.78 Å². The highest BCUT2D eigenvalue weighted by Crippen LogP contribution is 2.37. The van der Waals surface area contributed by atoms with E-state index in [1.54, 1.807) is 6.07 Å². The Morgan fingerprint density at radius 2 is 1.95 bits per heavy atom. The molecule has 0 radical (unpaired) electrons. The lowest BCUT2D eigenvalue weighted by molar-refractivity contribution is 0.0688. The zero-order valence-electron chi connectivity index (χ0n) is 21.6. The molecular formula is C28H24ClF2N5O4. The minimum absolute atomic E-state index is 0.0493. The van der Waals surface area contributed by atoms with Crippen LogP contribution < -0.4 is 15.0 Å². The molecule has 0 amide bonds. The maximum Gasteiger partial charge on any atom is 0.278 e. The van der Waals surface area contributed by atoms with Gasteiger partial charge in [0.1, 0.15) is 45.9 Å². The summed E-state index contributed by atoms with van der Waals surface area (Å²) in [5.41, 5.74) is -0.418. The smallest absolute Gasteiger partial charge is 0.278 e. The Morgan fingerprint density at radius 1 is 1.15 bits per heavy atom. The second-order valence-corrected chi connectivity index (χ2v) is 10.6. The molecule has 0 bridgehead atoms. The van der Waals surface area contributed by atoms with Gasteiger partial charge in [0.25, 0.3) is 5.56 Å². The lowest BCUT2D eigenvalue weighted by atomic mass is 10.0. The normalized spacial score (nSPS) is 16.3. The van der Waals surface area contributed by atoms with Crippen LogP contribution in [0.3, 0.4) is 0 Å². The highest BCUT2D eigenvalue weighted by Gasteiger charge is 2.31. The van der Waals surface area contributed by atoms with E-state index in [-0.39, 0.29) is 46.0 Å². The zero-order chi connectivity index (χ0) is 28.2. The quantitative estimate of drug-likeness (QED) is 0.380. The highest BCUT2D eigenvalue weighted by atomic mass is 35.5. The van der Waals surface area contributed by atoms with Gasteiger partial charge < -0.3 is 14.6 Å². The molecule has 0 fully saturated rings. The van der Waals surface area contributed by atoms with Gasteiger partial charge in [-0.25, -0.2) is 18.7 Å². The summed E-state index contributed by atoms with van der Waals surface area (Å²) in [6.07, 6.45) is 5.78. The van der Waals surface area contributed by atoms with Crippen LogP contribution in [-0.2, 0) is 18.4 Å². The van der Waals surface area contributed by atoms with E-state index in [0.717, 1.165) is 19.0 Å². The lowest BCUT2D eigenvalue weighted by Gasteiger charge is -2.23. The Kier molecular flexibility index (Phi) is 6.50. The zero-order valence-corrected chi connectivity index (χ0v) is 22.4. The molecule has 2 aliphatic rings. The standard InChI is InChI=1S/C28H24ClF2N5O4/c1-28(2,38)27-32-8-7-17(35-27)23-22(31)25-14(11-33-23)5-3-4-6-16-10-18(21(29)26(37)36(16)25)40-20-13-39-19-9-15(30)12-34-24(19)20/h7-12,20,38H,3-6,13H2,1-2H3. The summed E-state index contributed by atoms with van der Waals surface area (Å²) < 4.78 is 42.7. The Labute approximate surface area is 232 Å². The molecule has 206 valence electrons. The summed E-state index contributed by atoms with van der Waals surface area (Å²) in [7, 11) is 0. The molecule has 4 aromatic rings. The first-order valence-corrected chi connectivity index (χ1v) is 13.1. The molecule has 6 rings (SSSR count). The van der Waals surface area contributed by atoms with E-state index in [2.05, 4.69) is 19.9 Å². The van der Waals surface area contributed by atoms with Crippen LogP contribution in [0, 0.1) is 11.6 Å². The highest BCUT2D eigenvalue weighted by molar-refractivity contribution is 6.31. The van der Waals surface area contributed by atoms with Crippen molar-refractivity contribution in [3.05, 3.63) is 86.6 Å². The van der Waals surface area contributed by atoms with E-state index < -0.39 is 28.9 Å². The van der Waals surface area contributed by atoms with Crippen molar-refractivity contribution in [2.75, 3.05) is 6.61 Å². The van der Waals surface area contributed by atoms with Crippen LogP contribution in [0.15, 0.2) is 41.6 Å². The maximum atomic E-state index is 16.3. The largest absolute Gasteiger partial charge is 0.487 e. The van der Waals surface area contributed by atoms with Gasteiger partial charge in [0.15, 0.2) is 17.7 Å². The van der Waals surface area contributed by atoms with Crippen LogP contribution in [-0.4, -0.2) is 36.2 Å². The number of rotatable bonds is 4. The second kappa shape index (κ2) is 9.90. The van der Waals surface area contributed by atoms with E-state index in [4.69, 9.17) is 21.1 Å². The molecule has 2 aliphatic heterocycles. The van der Waals surface area contributed by atoms with Gasteiger partial charge in [0.05, 0.1) is 17.6 Å². The SMILES string of the molecule is CC(C)(O)c1nccc(-c2ncc3c(c2F)-n2c(cc(OC4COc5cc(F)cnc54)c(Cl)c2=O)CCCC3)n1. The Balaban J connectivity index is 1.46. The Hall–Kier alpha value is -3.96. The molecule has 1 atom stereocenters. The summed E-state index contributed by atoms with van der Waals surface area (Å²) >= 11 is 6.54. The third-order valence-electron chi connectivity index (χ3n) is 6.87. The van der Waals surface area contributed by atoms with Crippen molar-refractivity contribution < 1.29 is 23.4 Å². The molecular weight excluding hydrogens is 544 g/mol. The molecule has 12 heteroatoms. The average molecular weight is 568 g/mol. The molecule has 0 aromatic carbocycles. The molecule has 40 heavy (non-hydrogen) atoms. The molecule has 0 saturated carbocycles. The average Bonchev–Trinajstić information content (AvgIpc) is 3.30. The van der Waals surface area contributed by atoms with E-state index in [0.29, 0.717) is 29.8 Å². The van der Waals surface area contributed by atoms with Gasteiger partial charge in [-0.05, 0) is 51.2 Å². The fourth-order valence-corrected chi connectivity index (χ4v) is 5.11. The summed E-state index contributed by atoms with van der Waals surface area (Å²) in [6, 6.07) is 4.33. The molecule has 9 nitrogen and oxygen atoms in total. The number of pyridine rings is 3. The van der Waals surface area contributed by atoms with E-state index in [1.165, 1.54) is 42.9 Å². The lowest BCUT2D eigenvalue weighted by Crippen LogP contribution is -2.27. The monoisotopic (exact) mass is 567 g/mol. The van der Waals surface area contributed by atoms with Crippen molar-refractivity contribution in [2.45, 2.75) is 51.2 Å². The number of ether oxygens (including phenoxy) is 2. The van der Waals surface area contributed by atoms with Crippen molar-refractivity contribution in [2.24, 2.45) is 0 Å².